The third kappa shape index (κ3) is 3.82. The molecule has 21 heavy (non-hydrogen) atoms. The van der Waals surface area contributed by atoms with Crippen molar-refractivity contribution in [3.05, 3.63) is 64.5 Å². The Kier molecular flexibility index (Phi) is 4.97. The van der Waals surface area contributed by atoms with Crippen molar-refractivity contribution < 1.29 is 9.13 Å². The number of rotatable bonds is 5. The van der Waals surface area contributed by atoms with E-state index in [0.29, 0.717) is 19.1 Å². The minimum absolute atomic E-state index is 0.265. The molecule has 2 aromatic carbocycles. The van der Waals surface area contributed by atoms with Crippen molar-refractivity contribution in [2.75, 3.05) is 0 Å². The van der Waals surface area contributed by atoms with Crippen LogP contribution in [-0.4, -0.2) is 0 Å². The van der Waals surface area contributed by atoms with Gasteiger partial charge in [-0.15, -0.1) is 0 Å². The second-order valence-electron chi connectivity index (χ2n) is 5.60. The van der Waals surface area contributed by atoms with Gasteiger partial charge in [0.15, 0.2) is 0 Å². The fourth-order valence-corrected chi connectivity index (χ4v) is 2.33. The summed E-state index contributed by atoms with van der Waals surface area (Å²) in [5, 5.41) is 0. The van der Waals surface area contributed by atoms with E-state index >= 15 is 0 Å². The predicted octanol–water partition coefficient (Wildman–Crippen LogP) is 4.30. The van der Waals surface area contributed by atoms with Crippen molar-refractivity contribution in [1.29, 1.82) is 0 Å². The average Bonchev–Trinajstić information content (AvgIpc) is 2.45. The van der Waals surface area contributed by atoms with E-state index in [2.05, 4.69) is 26.0 Å². The van der Waals surface area contributed by atoms with E-state index in [4.69, 9.17) is 10.5 Å². The molecule has 2 N–H and O–H groups in total. The molecule has 0 fully saturated rings. The van der Waals surface area contributed by atoms with E-state index in [-0.39, 0.29) is 5.82 Å². The summed E-state index contributed by atoms with van der Waals surface area (Å²) in [7, 11) is 0. The van der Waals surface area contributed by atoms with Gasteiger partial charge in [0, 0.05) is 6.54 Å². The van der Waals surface area contributed by atoms with Crippen LogP contribution in [0.25, 0.3) is 0 Å². The number of benzene rings is 2. The maximum atomic E-state index is 13.4. The summed E-state index contributed by atoms with van der Waals surface area (Å²) in [4.78, 5) is 0. The third-order valence-corrected chi connectivity index (χ3v) is 3.56. The van der Waals surface area contributed by atoms with Crippen LogP contribution in [0.2, 0.25) is 0 Å². The molecule has 0 saturated carbocycles. The Morgan fingerprint density at radius 2 is 1.86 bits per heavy atom. The van der Waals surface area contributed by atoms with Gasteiger partial charge in [-0.05, 0) is 53.3 Å². The molecule has 0 heterocycles. The van der Waals surface area contributed by atoms with Gasteiger partial charge < -0.3 is 10.5 Å². The summed E-state index contributed by atoms with van der Waals surface area (Å²) >= 11 is 0. The predicted molar refractivity (Wildman–Crippen MR) is 83.9 cm³/mol. The summed E-state index contributed by atoms with van der Waals surface area (Å²) in [6.45, 7) is 7.00. The molecule has 0 aliphatic heterocycles. The smallest absolute Gasteiger partial charge is 0.123 e. The number of hydrogen-bond donors (Lipinski definition) is 1. The maximum absolute atomic E-state index is 13.4. The zero-order chi connectivity index (χ0) is 15.4. The molecule has 0 saturated heterocycles. The van der Waals surface area contributed by atoms with Gasteiger partial charge >= 0.3 is 0 Å². The average molecular weight is 287 g/mol. The number of ether oxygens (including phenoxy) is 1. The fourth-order valence-electron chi connectivity index (χ4n) is 2.33. The van der Waals surface area contributed by atoms with E-state index in [0.717, 1.165) is 28.0 Å². The lowest BCUT2D eigenvalue weighted by molar-refractivity contribution is 0.299. The molecule has 0 unspecified atom stereocenters. The Morgan fingerprint density at radius 1 is 1.10 bits per heavy atom. The van der Waals surface area contributed by atoms with Crippen LogP contribution in [0.4, 0.5) is 4.39 Å². The molecule has 0 radical (unpaired) electrons. The molecule has 112 valence electrons. The van der Waals surface area contributed by atoms with Crippen LogP contribution in [-0.2, 0) is 13.2 Å². The number of nitrogens with two attached hydrogens (primary N) is 1. The first-order chi connectivity index (χ1) is 10.0. The standard InChI is InChI=1S/C18H22FNO/c1-12(2)17-7-4-13(3)8-18(17)21-11-15-9-16(19)6-5-14(15)10-20/h4-9,12H,10-11,20H2,1-3H3. The highest BCUT2D eigenvalue weighted by atomic mass is 19.1. The van der Waals surface area contributed by atoms with Crippen molar-refractivity contribution in [2.45, 2.75) is 39.8 Å². The summed E-state index contributed by atoms with van der Waals surface area (Å²) in [5.41, 5.74) is 9.71. The number of hydrogen-bond acceptors (Lipinski definition) is 2. The zero-order valence-corrected chi connectivity index (χ0v) is 12.8. The lowest BCUT2D eigenvalue weighted by atomic mass is 10.0. The van der Waals surface area contributed by atoms with Crippen LogP contribution in [0.15, 0.2) is 36.4 Å². The fraction of sp³-hybridized carbons (Fsp3) is 0.333. The maximum Gasteiger partial charge on any atom is 0.123 e. The Bertz CT molecular complexity index is 623. The molecule has 0 atom stereocenters. The van der Waals surface area contributed by atoms with Gasteiger partial charge in [-0.25, -0.2) is 4.39 Å². The van der Waals surface area contributed by atoms with E-state index in [1.807, 2.05) is 13.0 Å². The van der Waals surface area contributed by atoms with E-state index < -0.39 is 0 Å². The van der Waals surface area contributed by atoms with Crippen LogP contribution >= 0.6 is 0 Å². The Labute approximate surface area is 125 Å². The van der Waals surface area contributed by atoms with Gasteiger partial charge in [0.2, 0.25) is 0 Å². The van der Waals surface area contributed by atoms with Gasteiger partial charge in [0.25, 0.3) is 0 Å². The molecular weight excluding hydrogens is 265 g/mol. The van der Waals surface area contributed by atoms with Crippen LogP contribution in [0.1, 0.15) is 42.0 Å². The first kappa shape index (κ1) is 15.5. The molecule has 0 bridgehead atoms. The van der Waals surface area contributed by atoms with Gasteiger partial charge in [-0.1, -0.05) is 32.0 Å². The highest BCUT2D eigenvalue weighted by Gasteiger charge is 2.10. The van der Waals surface area contributed by atoms with Crippen LogP contribution in [0.5, 0.6) is 5.75 Å². The van der Waals surface area contributed by atoms with Crippen molar-refractivity contribution in [2.24, 2.45) is 5.73 Å². The first-order valence-corrected chi connectivity index (χ1v) is 7.22. The van der Waals surface area contributed by atoms with Gasteiger partial charge in [0.05, 0.1) is 0 Å². The highest BCUT2D eigenvalue weighted by Crippen LogP contribution is 2.28. The number of aryl methyl sites for hydroxylation is 1. The SMILES string of the molecule is Cc1ccc(C(C)C)c(OCc2cc(F)ccc2CN)c1. The molecule has 0 aliphatic carbocycles. The van der Waals surface area contributed by atoms with E-state index in [1.54, 1.807) is 6.07 Å². The van der Waals surface area contributed by atoms with Gasteiger partial charge in [-0.3, -0.25) is 0 Å². The zero-order valence-electron chi connectivity index (χ0n) is 12.8. The molecule has 2 aromatic rings. The molecule has 3 heteroatoms. The minimum Gasteiger partial charge on any atom is -0.489 e. The van der Waals surface area contributed by atoms with Crippen molar-refractivity contribution in [1.82, 2.24) is 0 Å². The van der Waals surface area contributed by atoms with Crippen molar-refractivity contribution in [3.63, 3.8) is 0 Å². The number of halogens is 1. The summed E-state index contributed by atoms with van der Waals surface area (Å²) < 4.78 is 19.3. The van der Waals surface area contributed by atoms with Crippen LogP contribution in [0, 0.1) is 12.7 Å². The molecule has 0 amide bonds. The monoisotopic (exact) mass is 287 g/mol. The summed E-state index contributed by atoms with van der Waals surface area (Å²) in [5.74, 6) is 0.971. The Balaban J connectivity index is 2.24. The minimum atomic E-state index is -0.265. The molecule has 2 nitrogen and oxygen atoms in total. The van der Waals surface area contributed by atoms with E-state index in [1.165, 1.54) is 12.1 Å². The second kappa shape index (κ2) is 6.72. The van der Waals surface area contributed by atoms with Crippen LogP contribution in [0.3, 0.4) is 0 Å². The first-order valence-electron chi connectivity index (χ1n) is 7.22. The Hall–Kier alpha value is -1.87. The summed E-state index contributed by atoms with van der Waals surface area (Å²) in [6.07, 6.45) is 0. The van der Waals surface area contributed by atoms with Gasteiger partial charge in [0.1, 0.15) is 18.2 Å². The van der Waals surface area contributed by atoms with E-state index in [9.17, 15) is 4.39 Å². The summed E-state index contributed by atoms with van der Waals surface area (Å²) in [6, 6.07) is 10.8. The lowest BCUT2D eigenvalue weighted by Gasteiger charge is -2.16. The molecular formula is C18H22FNO. The lowest BCUT2D eigenvalue weighted by Crippen LogP contribution is -2.06. The van der Waals surface area contributed by atoms with Crippen LogP contribution < -0.4 is 10.5 Å². The normalized spacial score (nSPS) is 11.0. The topological polar surface area (TPSA) is 35.2 Å². The van der Waals surface area contributed by atoms with Gasteiger partial charge in [-0.2, -0.15) is 0 Å². The molecule has 0 aromatic heterocycles. The largest absolute Gasteiger partial charge is 0.489 e. The third-order valence-electron chi connectivity index (χ3n) is 3.56. The van der Waals surface area contributed by atoms with Crippen molar-refractivity contribution in [3.8, 4) is 5.75 Å². The quantitative estimate of drug-likeness (QED) is 0.890. The molecule has 0 aliphatic rings. The van der Waals surface area contributed by atoms with Crippen molar-refractivity contribution >= 4 is 0 Å². The Morgan fingerprint density at radius 3 is 2.52 bits per heavy atom. The molecule has 0 spiro atoms. The highest BCUT2D eigenvalue weighted by molar-refractivity contribution is 5.39. The second-order valence-corrected chi connectivity index (χ2v) is 5.60. The molecule has 2 rings (SSSR count).